The summed E-state index contributed by atoms with van der Waals surface area (Å²) in [4.78, 5) is 0. The van der Waals surface area contributed by atoms with Crippen molar-refractivity contribution in [2.75, 3.05) is 7.05 Å². The highest BCUT2D eigenvalue weighted by molar-refractivity contribution is 5.41. The molecule has 0 aromatic heterocycles. The first kappa shape index (κ1) is 13.5. The Morgan fingerprint density at radius 2 is 1.68 bits per heavy atom. The maximum atomic E-state index is 13.2. The molecule has 0 radical (unpaired) electrons. The fraction of sp³-hybridized carbons (Fsp3) is 0.200. The van der Waals surface area contributed by atoms with Crippen LogP contribution in [0.3, 0.4) is 0 Å². The summed E-state index contributed by atoms with van der Waals surface area (Å²) in [5.74, 6) is 0.264. The molecule has 2 rings (SSSR count). The SMILES string of the molecule is CNCc1cc(F)ccc1Oc1cc(F)ccc1C. The Kier molecular flexibility index (Phi) is 4.12. The number of hydrogen-bond acceptors (Lipinski definition) is 2. The van der Waals surface area contributed by atoms with E-state index in [9.17, 15) is 8.78 Å². The zero-order chi connectivity index (χ0) is 13.8. The average molecular weight is 263 g/mol. The van der Waals surface area contributed by atoms with E-state index in [1.807, 2.05) is 6.92 Å². The second-order valence-electron chi connectivity index (χ2n) is 4.29. The van der Waals surface area contributed by atoms with E-state index in [2.05, 4.69) is 5.32 Å². The topological polar surface area (TPSA) is 21.3 Å². The Morgan fingerprint density at radius 3 is 2.42 bits per heavy atom. The van der Waals surface area contributed by atoms with Crippen LogP contribution in [0.25, 0.3) is 0 Å². The second-order valence-corrected chi connectivity index (χ2v) is 4.29. The van der Waals surface area contributed by atoms with Crippen molar-refractivity contribution in [1.29, 1.82) is 0 Å². The first-order chi connectivity index (χ1) is 9.10. The van der Waals surface area contributed by atoms with E-state index in [0.29, 0.717) is 23.6 Å². The van der Waals surface area contributed by atoms with Gasteiger partial charge in [0.15, 0.2) is 0 Å². The van der Waals surface area contributed by atoms with E-state index < -0.39 is 0 Å². The van der Waals surface area contributed by atoms with E-state index in [-0.39, 0.29) is 11.6 Å². The predicted molar refractivity (Wildman–Crippen MR) is 70.4 cm³/mol. The number of benzene rings is 2. The molecule has 2 aromatic rings. The van der Waals surface area contributed by atoms with Crippen molar-refractivity contribution < 1.29 is 13.5 Å². The van der Waals surface area contributed by atoms with Gasteiger partial charge in [-0.3, -0.25) is 0 Å². The molecule has 0 aliphatic rings. The highest BCUT2D eigenvalue weighted by atomic mass is 19.1. The van der Waals surface area contributed by atoms with Gasteiger partial charge in [0.25, 0.3) is 0 Å². The molecule has 0 atom stereocenters. The van der Waals surface area contributed by atoms with Crippen molar-refractivity contribution in [3.63, 3.8) is 0 Å². The molecule has 0 saturated carbocycles. The van der Waals surface area contributed by atoms with Gasteiger partial charge >= 0.3 is 0 Å². The van der Waals surface area contributed by atoms with Crippen molar-refractivity contribution in [2.45, 2.75) is 13.5 Å². The minimum Gasteiger partial charge on any atom is -0.457 e. The van der Waals surface area contributed by atoms with Crippen molar-refractivity contribution in [3.8, 4) is 11.5 Å². The Labute approximate surface area is 111 Å². The fourth-order valence-corrected chi connectivity index (χ4v) is 1.78. The molecule has 0 aliphatic heterocycles. The lowest BCUT2D eigenvalue weighted by molar-refractivity contribution is 0.463. The summed E-state index contributed by atoms with van der Waals surface area (Å²) in [6.07, 6.45) is 0. The van der Waals surface area contributed by atoms with Gasteiger partial charge in [0.05, 0.1) is 0 Å². The van der Waals surface area contributed by atoms with Crippen LogP contribution in [0, 0.1) is 18.6 Å². The molecule has 0 fully saturated rings. The lowest BCUT2D eigenvalue weighted by Gasteiger charge is -2.13. The van der Waals surface area contributed by atoms with E-state index in [0.717, 1.165) is 5.56 Å². The predicted octanol–water partition coefficient (Wildman–Crippen LogP) is 3.78. The third-order valence-corrected chi connectivity index (χ3v) is 2.76. The van der Waals surface area contributed by atoms with E-state index in [1.54, 1.807) is 19.2 Å². The third-order valence-electron chi connectivity index (χ3n) is 2.76. The lowest BCUT2D eigenvalue weighted by atomic mass is 10.2. The molecule has 2 nitrogen and oxygen atoms in total. The van der Waals surface area contributed by atoms with Crippen LogP contribution in [0.1, 0.15) is 11.1 Å². The van der Waals surface area contributed by atoms with Crippen LogP contribution < -0.4 is 10.1 Å². The summed E-state index contributed by atoms with van der Waals surface area (Å²) in [5, 5.41) is 2.94. The Morgan fingerprint density at radius 1 is 1.00 bits per heavy atom. The Balaban J connectivity index is 2.34. The zero-order valence-electron chi connectivity index (χ0n) is 10.8. The number of nitrogens with one attached hydrogen (secondary N) is 1. The molecule has 0 aliphatic carbocycles. The standard InChI is InChI=1S/C15H15F2NO/c1-10-3-4-13(17)8-15(10)19-14-6-5-12(16)7-11(14)9-18-2/h3-8,18H,9H2,1-2H3. The van der Waals surface area contributed by atoms with Gasteiger partial charge in [-0.05, 0) is 43.8 Å². The van der Waals surface area contributed by atoms with Crippen LogP contribution >= 0.6 is 0 Å². The Bertz CT molecular complexity index is 584. The fourth-order valence-electron chi connectivity index (χ4n) is 1.78. The molecular weight excluding hydrogens is 248 g/mol. The van der Waals surface area contributed by atoms with Crippen molar-refractivity contribution in [2.24, 2.45) is 0 Å². The summed E-state index contributed by atoms with van der Waals surface area (Å²) < 4.78 is 32.1. The highest BCUT2D eigenvalue weighted by Gasteiger charge is 2.08. The average Bonchev–Trinajstić information content (AvgIpc) is 2.37. The molecule has 0 spiro atoms. The molecule has 0 heterocycles. The Hall–Kier alpha value is -1.94. The number of halogens is 2. The van der Waals surface area contributed by atoms with Gasteiger partial charge in [-0.2, -0.15) is 0 Å². The van der Waals surface area contributed by atoms with E-state index in [4.69, 9.17) is 4.74 Å². The summed E-state index contributed by atoms with van der Waals surface area (Å²) >= 11 is 0. The zero-order valence-corrected chi connectivity index (χ0v) is 10.8. The molecular formula is C15H15F2NO. The summed E-state index contributed by atoms with van der Waals surface area (Å²) in [5.41, 5.74) is 1.51. The lowest BCUT2D eigenvalue weighted by Crippen LogP contribution is -2.07. The van der Waals surface area contributed by atoms with Crippen molar-refractivity contribution in [3.05, 3.63) is 59.2 Å². The van der Waals surface area contributed by atoms with Gasteiger partial charge in [0.2, 0.25) is 0 Å². The van der Waals surface area contributed by atoms with Gasteiger partial charge in [-0.25, -0.2) is 8.78 Å². The molecule has 100 valence electrons. The van der Waals surface area contributed by atoms with Crippen LogP contribution in [0.5, 0.6) is 11.5 Å². The molecule has 0 saturated heterocycles. The third kappa shape index (κ3) is 3.29. The quantitative estimate of drug-likeness (QED) is 0.906. The largest absolute Gasteiger partial charge is 0.457 e. The summed E-state index contributed by atoms with van der Waals surface area (Å²) in [7, 11) is 1.77. The van der Waals surface area contributed by atoms with Crippen molar-refractivity contribution >= 4 is 0 Å². The molecule has 0 amide bonds. The maximum Gasteiger partial charge on any atom is 0.133 e. The van der Waals surface area contributed by atoms with E-state index >= 15 is 0 Å². The maximum absolute atomic E-state index is 13.2. The normalized spacial score (nSPS) is 10.5. The number of ether oxygens (including phenoxy) is 1. The first-order valence-electron chi connectivity index (χ1n) is 5.97. The van der Waals surface area contributed by atoms with Crippen LogP contribution in [0.15, 0.2) is 36.4 Å². The van der Waals surface area contributed by atoms with Gasteiger partial charge in [0.1, 0.15) is 23.1 Å². The van der Waals surface area contributed by atoms with Gasteiger partial charge in [-0.1, -0.05) is 6.07 Å². The number of hydrogen-bond donors (Lipinski definition) is 1. The highest BCUT2D eigenvalue weighted by Crippen LogP contribution is 2.29. The molecule has 0 unspecified atom stereocenters. The van der Waals surface area contributed by atoms with Gasteiger partial charge in [0, 0.05) is 18.2 Å². The molecule has 2 aromatic carbocycles. The molecule has 0 bridgehead atoms. The van der Waals surface area contributed by atoms with Gasteiger partial charge in [-0.15, -0.1) is 0 Å². The number of aryl methyl sites for hydroxylation is 1. The van der Waals surface area contributed by atoms with E-state index in [1.165, 1.54) is 24.3 Å². The van der Waals surface area contributed by atoms with Crippen LogP contribution in [0.4, 0.5) is 8.78 Å². The smallest absolute Gasteiger partial charge is 0.133 e. The monoisotopic (exact) mass is 263 g/mol. The number of rotatable bonds is 4. The summed E-state index contributed by atoms with van der Waals surface area (Å²) in [6.45, 7) is 2.30. The first-order valence-corrected chi connectivity index (χ1v) is 5.97. The van der Waals surface area contributed by atoms with Crippen LogP contribution in [0.2, 0.25) is 0 Å². The minimum atomic E-state index is -0.363. The second kappa shape index (κ2) is 5.80. The molecule has 1 N–H and O–H groups in total. The molecule has 19 heavy (non-hydrogen) atoms. The minimum absolute atomic E-state index is 0.325. The van der Waals surface area contributed by atoms with Crippen LogP contribution in [-0.2, 0) is 6.54 Å². The van der Waals surface area contributed by atoms with Gasteiger partial charge < -0.3 is 10.1 Å². The molecule has 4 heteroatoms. The van der Waals surface area contributed by atoms with Crippen LogP contribution in [-0.4, -0.2) is 7.05 Å². The van der Waals surface area contributed by atoms with Crippen molar-refractivity contribution in [1.82, 2.24) is 5.32 Å². The summed E-state index contributed by atoms with van der Waals surface area (Å²) in [6, 6.07) is 8.62.